The summed E-state index contributed by atoms with van der Waals surface area (Å²) in [6.07, 6.45) is 8.90. The van der Waals surface area contributed by atoms with Crippen LogP contribution in [-0.4, -0.2) is 70.1 Å². The van der Waals surface area contributed by atoms with Crippen LogP contribution < -0.4 is 10.7 Å². The Morgan fingerprint density at radius 2 is 1.87 bits per heavy atom. The third kappa shape index (κ3) is 11.8. The zero-order valence-corrected chi connectivity index (χ0v) is 28.8. The second-order valence-corrected chi connectivity index (χ2v) is 13.0. The second kappa shape index (κ2) is 18.6. The average molecular weight is 646 g/mol. The molecule has 1 heterocycles. The molecule has 0 saturated heterocycles. The van der Waals surface area contributed by atoms with Crippen LogP contribution in [0.25, 0.3) is 0 Å². The number of aliphatic hydroxyl groups excluding tert-OH is 1. The average Bonchev–Trinajstić information content (AvgIpc) is 3.49. The van der Waals surface area contributed by atoms with E-state index in [-0.39, 0.29) is 42.0 Å². The lowest BCUT2D eigenvalue weighted by Gasteiger charge is -2.34. The van der Waals surface area contributed by atoms with E-state index >= 15 is 0 Å². The van der Waals surface area contributed by atoms with Crippen molar-refractivity contribution in [3.8, 4) is 0 Å². The van der Waals surface area contributed by atoms with Gasteiger partial charge < -0.3 is 20.1 Å². The molecule has 1 unspecified atom stereocenters. The molecule has 1 aromatic heterocycles. The highest BCUT2D eigenvalue weighted by molar-refractivity contribution is 7.09. The summed E-state index contributed by atoms with van der Waals surface area (Å²) in [5.74, 6) is -1.28. The van der Waals surface area contributed by atoms with Gasteiger partial charge in [-0.15, -0.1) is 11.3 Å². The molecule has 0 fully saturated rings. The molecular weight excluding hydrogens is 594 g/mol. The number of aliphatic hydroxyl groups is 1. The Bertz CT molecular complexity index is 1260. The third-order valence-corrected chi connectivity index (χ3v) is 8.96. The van der Waals surface area contributed by atoms with Crippen molar-refractivity contribution in [3.63, 3.8) is 0 Å². The van der Waals surface area contributed by atoms with E-state index in [1.165, 1.54) is 18.3 Å². The minimum absolute atomic E-state index is 0.0391. The van der Waals surface area contributed by atoms with Gasteiger partial charge in [-0.2, -0.15) is 5.10 Å². The number of esters is 1. The molecule has 250 valence electrons. The Morgan fingerprint density at radius 3 is 2.44 bits per heavy atom. The van der Waals surface area contributed by atoms with E-state index in [9.17, 15) is 19.2 Å². The number of nitrogens with zero attached hydrogens (tertiary/aromatic N) is 3. The Morgan fingerprint density at radius 1 is 1.16 bits per heavy atom. The van der Waals surface area contributed by atoms with Crippen LogP contribution in [0.2, 0.25) is 0 Å². The highest BCUT2D eigenvalue weighted by Gasteiger charge is 2.31. The van der Waals surface area contributed by atoms with Crippen molar-refractivity contribution in [1.82, 2.24) is 20.6 Å². The van der Waals surface area contributed by atoms with Crippen LogP contribution in [-0.2, 0) is 19.1 Å². The van der Waals surface area contributed by atoms with Crippen LogP contribution in [0.1, 0.15) is 109 Å². The Kier molecular flexibility index (Phi) is 15.6. The first-order valence-electron chi connectivity index (χ1n) is 15.8. The van der Waals surface area contributed by atoms with Crippen molar-refractivity contribution < 1.29 is 29.0 Å². The summed E-state index contributed by atoms with van der Waals surface area (Å²) in [6.45, 7) is 12.9. The molecule has 3 N–H and O–H groups in total. The first-order chi connectivity index (χ1) is 21.3. The number of carbonyl (C=O) groups is 4. The number of thiazole rings is 1. The molecule has 0 saturated carbocycles. The molecule has 0 radical (unpaired) electrons. The van der Waals surface area contributed by atoms with Gasteiger partial charge >= 0.3 is 5.97 Å². The molecule has 0 bridgehead atoms. The highest BCUT2D eigenvalue weighted by atomic mass is 32.1. The third-order valence-electron chi connectivity index (χ3n) is 8.02. The van der Waals surface area contributed by atoms with E-state index in [1.807, 2.05) is 39.0 Å². The molecule has 2 rings (SSSR count). The van der Waals surface area contributed by atoms with Gasteiger partial charge in [-0.1, -0.05) is 59.3 Å². The summed E-state index contributed by atoms with van der Waals surface area (Å²) in [5, 5.41) is 18.5. The largest absolute Gasteiger partial charge is 0.455 e. The molecule has 11 nitrogen and oxygen atoms in total. The van der Waals surface area contributed by atoms with Gasteiger partial charge in [-0.05, 0) is 43.6 Å². The summed E-state index contributed by atoms with van der Waals surface area (Å²) in [5.41, 5.74) is 4.02. The Labute approximate surface area is 271 Å². The quantitative estimate of drug-likeness (QED) is 0.123. The maximum atomic E-state index is 13.4. The number of amides is 3. The molecule has 1 aromatic rings. The zero-order valence-electron chi connectivity index (χ0n) is 28.0. The topological polar surface area (TPSA) is 150 Å². The first kappa shape index (κ1) is 37.8. The molecule has 1 aliphatic rings. The normalized spacial score (nSPS) is 16.7. The number of hydrazone groups is 1. The second-order valence-electron chi connectivity index (χ2n) is 12.2. The summed E-state index contributed by atoms with van der Waals surface area (Å²) >= 11 is 1.22. The van der Waals surface area contributed by atoms with Crippen LogP contribution in [0, 0.1) is 17.8 Å². The van der Waals surface area contributed by atoms with Crippen molar-refractivity contribution >= 4 is 40.7 Å². The van der Waals surface area contributed by atoms with Crippen LogP contribution in [0.5, 0.6) is 0 Å². The van der Waals surface area contributed by atoms with Gasteiger partial charge in [0.1, 0.15) is 10.7 Å². The number of aromatic nitrogens is 1. The fourth-order valence-electron chi connectivity index (χ4n) is 4.91. The smallest absolute Gasteiger partial charge is 0.303 e. The fraction of sp³-hybridized carbons (Fsp3) is 0.636. The number of rotatable bonds is 17. The van der Waals surface area contributed by atoms with E-state index in [1.54, 1.807) is 31.2 Å². The summed E-state index contributed by atoms with van der Waals surface area (Å²) in [6, 6.07) is -0.789. The van der Waals surface area contributed by atoms with Gasteiger partial charge in [0, 0.05) is 50.8 Å². The summed E-state index contributed by atoms with van der Waals surface area (Å²) in [7, 11) is 1.79. The highest BCUT2D eigenvalue weighted by Crippen LogP contribution is 2.31. The molecule has 1 aliphatic carbocycles. The minimum atomic E-state index is -0.733. The number of allylic oxidation sites excluding steroid dienone is 3. The molecule has 0 aliphatic heterocycles. The first-order valence-corrected chi connectivity index (χ1v) is 16.7. The maximum Gasteiger partial charge on any atom is 0.303 e. The number of carbonyl (C=O) groups excluding carboxylic acids is 4. The molecule has 3 amide bonds. The SMILES string of the molecule is CC[C@H](C)CC(=O)N(C)[C@H](C[C@@H](OC(C)=O)c1nc(C(=O)N[C@H](C)/C(=N/NC(=O)C(C)CCO)C2=CCCC=C2)cs1)C(C)C. The van der Waals surface area contributed by atoms with Gasteiger partial charge in [0.25, 0.3) is 5.91 Å². The lowest BCUT2D eigenvalue weighted by atomic mass is 9.95. The standard InChI is InChI=1S/C33H51N5O6S/c1-9-21(4)17-29(41)38(8)27(20(2)3)18-28(44-24(7)40)33-35-26(19-45-33)32(43)34-23(6)30(25-13-11-10-12-14-25)36-37-31(42)22(5)15-16-39/h11,13-14,19-23,27-28,39H,9-10,12,15-18H2,1-8H3,(H,34,43)(H,37,42)/b36-30-/t21-,22?,23+,27+,28+/m0/s1. The van der Waals surface area contributed by atoms with Crippen molar-refractivity contribution in [1.29, 1.82) is 0 Å². The minimum Gasteiger partial charge on any atom is -0.455 e. The summed E-state index contributed by atoms with van der Waals surface area (Å²) in [4.78, 5) is 57.2. The molecular formula is C33H51N5O6S. The van der Waals surface area contributed by atoms with E-state index < -0.39 is 29.9 Å². The van der Waals surface area contributed by atoms with E-state index in [4.69, 9.17) is 9.84 Å². The number of hydrogen-bond acceptors (Lipinski definition) is 9. The lowest BCUT2D eigenvalue weighted by Crippen LogP contribution is -2.42. The fourth-order valence-corrected chi connectivity index (χ4v) is 5.75. The predicted octanol–water partition coefficient (Wildman–Crippen LogP) is 4.94. The monoisotopic (exact) mass is 645 g/mol. The van der Waals surface area contributed by atoms with Crippen molar-refractivity contribution in [2.45, 2.75) is 105 Å². The van der Waals surface area contributed by atoms with Gasteiger partial charge in [0.15, 0.2) is 6.10 Å². The predicted molar refractivity (Wildman–Crippen MR) is 177 cm³/mol. The molecule has 0 aromatic carbocycles. The maximum absolute atomic E-state index is 13.4. The van der Waals surface area contributed by atoms with E-state index in [0.29, 0.717) is 30.0 Å². The van der Waals surface area contributed by atoms with Crippen molar-refractivity contribution in [3.05, 3.63) is 39.9 Å². The van der Waals surface area contributed by atoms with E-state index in [2.05, 4.69) is 27.8 Å². The van der Waals surface area contributed by atoms with Gasteiger partial charge in [0.2, 0.25) is 11.8 Å². The Hall–Kier alpha value is -3.38. The van der Waals surface area contributed by atoms with Crippen LogP contribution in [0.4, 0.5) is 0 Å². The van der Waals surface area contributed by atoms with Crippen molar-refractivity contribution in [2.75, 3.05) is 13.7 Å². The molecule has 0 spiro atoms. The molecule has 45 heavy (non-hydrogen) atoms. The van der Waals surface area contributed by atoms with Gasteiger partial charge in [-0.25, -0.2) is 10.4 Å². The van der Waals surface area contributed by atoms with Crippen LogP contribution in [0.3, 0.4) is 0 Å². The van der Waals surface area contributed by atoms with Crippen molar-refractivity contribution in [2.24, 2.45) is 22.9 Å². The Balaban J connectivity index is 2.25. The van der Waals surface area contributed by atoms with Crippen LogP contribution >= 0.6 is 11.3 Å². The van der Waals surface area contributed by atoms with Gasteiger partial charge in [-0.3, -0.25) is 19.2 Å². The molecule has 5 atom stereocenters. The number of ether oxygens (including phenoxy) is 1. The summed E-state index contributed by atoms with van der Waals surface area (Å²) < 4.78 is 5.68. The molecule has 12 heteroatoms. The lowest BCUT2D eigenvalue weighted by molar-refractivity contribution is -0.148. The van der Waals surface area contributed by atoms with E-state index in [0.717, 1.165) is 24.8 Å². The van der Waals surface area contributed by atoms with Gasteiger partial charge in [0.05, 0.1) is 11.8 Å². The number of hydrogen-bond donors (Lipinski definition) is 3. The zero-order chi connectivity index (χ0) is 33.7. The number of nitrogens with one attached hydrogen (secondary N) is 2. The van der Waals surface area contributed by atoms with Crippen LogP contribution in [0.15, 0.2) is 34.3 Å².